The van der Waals surface area contributed by atoms with Crippen LogP contribution in [0.2, 0.25) is 0 Å². The highest BCUT2D eigenvalue weighted by molar-refractivity contribution is 7.16. The zero-order valence-electron chi connectivity index (χ0n) is 12.0. The molecule has 0 atom stereocenters. The standard InChI is InChI=1S/C15H13N3O3S/c1-9-10(2)22-14(11(9)7-16)18-13(19)8-21-15(20)12-5-3-4-6-17-12/h3-6H,8H2,1-2H3,(H,18,19). The SMILES string of the molecule is Cc1sc(NC(=O)COC(=O)c2ccccn2)c(C#N)c1C. The molecule has 0 aliphatic carbocycles. The van der Waals surface area contributed by atoms with E-state index < -0.39 is 18.5 Å². The molecule has 7 heteroatoms. The first-order valence-corrected chi connectivity index (χ1v) is 7.22. The minimum atomic E-state index is -0.671. The molecule has 0 saturated heterocycles. The number of esters is 1. The van der Waals surface area contributed by atoms with Crippen molar-refractivity contribution in [2.24, 2.45) is 0 Å². The average Bonchev–Trinajstić information content (AvgIpc) is 2.79. The molecule has 0 aliphatic rings. The van der Waals surface area contributed by atoms with Gasteiger partial charge in [-0.2, -0.15) is 5.26 Å². The van der Waals surface area contributed by atoms with Crippen molar-refractivity contribution in [2.75, 3.05) is 11.9 Å². The molecule has 2 rings (SSSR count). The van der Waals surface area contributed by atoms with Crippen LogP contribution in [-0.4, -0.2) is 23.5 Å². The van der Waals surface area contributed by atoms with Crippen LogP contribution >= 0.6 is 11.3 Å². The maximum absolute atomic E-state index is 11.8. The first-order valence-electron chi connectivity index (χ1n) is 6.41. The molecule has 0 aromatic carbocycles. The number of thiophene rings is 1. The minimum Gasteiger partial charge on any atom is -0.451 e. The van der Waals surface area contributed by atoms with Crippen molar-refractivity contribution >= 4 is 28.2 Å². The van der Waals surface area contributed by atoms with Crippen molar-refractivity contribution in [3.63, 3.8) is 0 Å². The Balaban J connectivity index is 1.96. The van der Waals surface area contributed by atoms with Crippen LogP contribution in [0.4, 0.5) is 5.00 Å². The molecule has 0 radical (unpaired) electrons. The molecule has 0 aliphatic heterocycles. The van der Waals surface area contributed by atoms with Gasteiger partial charge in [-0.25, -0.2) is 9.78 Å². The van der Waals surface area contributed by atoms with Crippen LogP contribution in [0.25, 0.3) is 0 Å². The number of hydrogen-bond acceptors (Lipinski definition) is 6. The van der Waals surface area contributed by atoms with Gasteiger partial charge >= 0.3 is 5.97 Å². The van der Waals surface area contributed by atoms with Gasteiger partial charge in [-0.1, -0.05) is 6.07 Å². The van der Waals surface area contributed by atoms with Gasteiger partial charge in [-0.3, -0.25) is 4.79 Å². The lowest BCUT2D eigenvalue weighted by molar-refractivity contribution is -0.119. The van der Waals surface area contributed by atoms with Gasteiger partial charge in [-0.15, -0.1) is 11.3 Å². The summed E-state index contributed by atoms with van der Waals surface area (Å²) in [5.74, 6) is -1.17. The summed E-state index contributed by atoms with van der Waals surface area (Å²) in [4.78, 5) is 28.3. The van der Waals surface area contributed by atoms with E-state index in [9.17, 15) is 9.59 Å². The number of amides is 1. The van der Waals surface area contributed by atoms with Gasteiger partial charge in [-0.05, 0) is 31.5 Å². The van der Waals surface area contributed by atoms with Crippen molar-refractivity contribution in [1.29, 1.82) is 5.26 Å². The highest BCUT2D eigenvalue weighted by atomic mass is 32.1. The third-order valence-corrected chi connectivity index (χ3v) is 4.08. The van der Waals surface area contributed by atoms with Crippen LogP contribution in [0.1, 0.15) is 26.5 Å². The van der Waals surface area contributed by atoms with Crippen LogP contribution < -0.4 is 5.32 Å². The van der Waals surface area contributed by atoms with Gasteiger partial charge < -0.3 is 10.1 Å². The molecule has 2 aromatic rings. The van der Waals surface area contributed by atoms with Crippen LogP contribution in [0.5, 0.6) is 0 Å². The van der Waals surface area contributed by atoms with Crippen LogP contribution in [0.3, 0.4) is 0 Å². The van der Waals surface area contributed by atoms with Crippen LogP contribution in [0.15, 0.2) is 24.4 Å². The Labute approximate surface area is 131 Å². The van der Waals surface area contributed by atoms with Gasteiger partial charge in [0.05, 0.1) is 5.56 Å². The van der Waals surface area contributed by atoms with E-state index in [0.717, 1.165) is 10.4 Å². The predicted octanol–water partition coefficient (Wildman–Crippen LogP) is 2.43. The number of carbonyl (C=O) groups excluding carboxylic acids is 2. The van der Waals surface area contributed by atoms with Crippen molar-refractivity contribution in [2.45, 2.75) is 13.8 Å². The normalized spacial score (nSPS) is 9.86. The molecule has 1 amide bonds. The average molecular weight is 315 g/mol. The molecule has 6 nitrogen and oxygen atoms in total. The second-order valence-electron chi connectivity index (χ2n) is 4.44. The minimum absolute atomic E-state index is 0.135. The lowest BCUT2D eigenvalue weighted by Crippen LogP contribution is -2.21. The molecule has 1 N–H and O–H groups in total. The van der Waals surface area contributed by atoms with Crippen molar-refractivity contribution < 1.29 is 14.3 Å². The molecule has 22 heavy (non-hydrogen) atoms. The Morgan fingerprint density at radius 1 is 1.41 bits per heavy atom. The molecule has 0 bridgehead atoms. The van der Waals surface area contributed by atoms with Crippen molar-refractivity contribution in [3.05, 3.63) is 46.1 Å². The zero-order valence-corrected chi connectivity index (χ0v) is 12.9. The molecular weight excluding hydrogens is 302 g/mol. The van der Waals surface area contributed by atoms with E-state index in [4.69, 9.17) is 10.00 Å². The van der Waals surface area contributed by atoms with E-state index in [1.54, 1.807) is 12.1 Å². The predicted molar refractivity (Wildman–Crippen MR) is 81.7 cm³/mol. The maximum Gasteiger partial charge on any atom is 0.357 e. The summed E-state index contributed by atoms with van der Waals surface area (Å²) in [5, 5.41) is 12.2. The number of rotatable bonds is 4. The summed E-state index contributed by atoms with van der Waals surface area (Å²) in [6.07, 6.45) is 1.47. The Bertz CT molecular complexity index is 747. The van der Waals surface area contributed by atoms with Crippen molar-refractivity contribution in [1.82, 2.24) is 4.98 Å². The lowest BCUT2D eigenvalue weighted by atomic mass is 10.2. The second-order valence-corrected chi connectivity index (χ2v) is 5.66. The number of carbonyl (C=O) groups is 2. The highest BCUT2D eigenvalue weighted by Crippen LogP contribution is 2.31. The van der Waals surface area contributed by atoms with E-state index >= 15 is 0 Å². The Hall–Kier alpha value is -2.72. The third-order valence-electron chi connectivity index (χ3n) is 2.96. The van der Waals surface area contributed by atoms with Gasteiger partial charge in [0.1, 0.15) is 16.8 Å². The van der Waals surface area contributed by atoms with Crippen LogP contribution in [0, 0.1) is 25.2 Å². The number of nitrogens with one attached hydrogen (secondary N) is 1. The summed E-state index contributed by atoms with van der Waals surface area (Å²) in [6, 6.07) is 6.89. The van der Waals surface area contributed by atoms with Gasteiger partial charge in [0, 0.05) is 11.1 Å². The first-order chi connectivity index (χ1) is 10.5. The summed E-state index contributed by atoms with van der Waals surface area (Å²) in [7, 11) is 0. The number of aryl methyl sites for hydroxylation is 1. The quantitative estimate of drug-likeness (QED) is 0.875. The Morgan fingerprint density at radius 3 is 2.82 bits per heavy atom. The highest BCUT2D eigenvalue weighted by Gasteiger charge is 2.16. The lowest BCUT2D eigenvalue weighted by Gasteiger charge is -2.05. The molecule has 0 fully saturated rings. The molecule has 0 spiro atoms. The zero-order chi connectivity index (χ0) is 16.1. The second kappa shape index (κ2) is 6.83. The van der Waals surface area contributed by atoms with E-state index in [-0.39, 0.29) is 5.69 Å². The number of ether oxygens (including phenoxy) is 1. The number of nitriles is 1. The molecule has 0 unspecified atom stereocenters. The summed E-state index contributed by atoms with van der Waals surface area (Å²) in [6.45, 7) is 3.26. The third kappa shape index (κ3) is 3.48. The van der Waals surface area contributed by atoms with Gasteiger partial charge in [0.25, 0.3) is 5.91 Å². The Morgan fingerprint density at radius 2 is 2.18 bits per heavy atom. The number of nitrogens with zero attached hydrogens (tertiary/aromatic N) is 2. The number of pyridine rings is 1. The smallest absolute Gasteiger partial charge is 0.357 e. The fourth-order valence-corrected chi connectivity index (χ4v) is 2.73. The fourth-order valence-electron chi connectivity index (χ4n) is 1.70. The molecule has 2 aromatic heterocycles. The topological polar surface area (TPSA) is 92.1 Å². The number of aromatic nitrogens is 1. The summed E-state index contributed by atoms with van der Waals surface area (Å²) in [5.41, 5.74) is 1.41. The molecule has 2 heterocycles. The summed E-state index contributed by atoms with van der Waals surface area (Å²) >= 11 is 1.32. The van der Waals surface area contributed by atoms with E-state index in [2.05, 4.69) is 16.4 Å². The fraction of sp³-hybridized carbons (Fsp3) is 0.200. The van der Waals surface area contributed by atoms with Crippen LogP contribution in [-0.2, 0) is 9.53 Å². The first kappa shape index (κ1) is 15.7. The Kier molecular flexibility index (Phi) is 4.86. The largest absolute Gasteiger partial charge is 0.451 e. The molecular formula is C15H13N3O3S. The number of anilines is 1. The van der Waals surface area contributed by atoms with E-state index in [0.29, 0.717) is 10.6 Å². The summed E-state index contributed by atoms with van der Waals surface area (Å²) < 4.78 is 4.88. The van der Waals surface area contributed by atoms with E-state index in [1.165, 1.54) is 23.6 Å². The van der Waals surface area contributed by atoms with Gasteiger partial charge in [0.15, 0.2) is 6.61 Å². The molecule has 112 valence electrons. The van der Waals surface area contributed by atoms with E-state index in [1.807, 2.05) is 13.8 Å². The van der Waals surface area contributed by atoms with Crippen molar-refractivity contribution in [3.8, 4) is 6.07 Å². The molecule has 0 saturated carbocycles. The maximum atomic E-state index is 11.8. The monoisotopic (exact) mass is 315 g/mol. The van der Waals surface area contributed by atoms with Gasteiger partial charge in [0.2, 0.25) is 0 Å². The number of hydrogen-bond donors (Lipinski definition) is 1.